The number of nitrogens with one attached hydrogen (secondary N) is 1. The Labute approximate surface area is 144 Å². The first kappa shape index (κ1) is 16.6. The summed E-state index contributed by atoms with van der Waals surface area (Å²) < 4.78 is 5.26. The number of nitrogens with zero attached hydrogens (tertiary/aromatic N) is 4. The Hall–Kier alpha value is -3.23. The van der Waals surface area contributed by atoms with Crippen molar-refractivity contribution < 1.29 is 14.3 Å². The predicted octanol–water partition coefficient (Wildman–Crippen LogP) is 0.761. The average molecular weight is 342 g/mol. The van der Waals surface area contributed by atoms with E-state index in [1.165, 1.54) is 0 Å². The summed E-state index contributed by atoms with van der Waals surface area (Å²) in [5.74, 6) is 0.212. The first-order chi connectivity index (χ1) is 11.9. The molecule has 0 spiro atoms. The van der Waals surface area contributed by atoms with Gasteiger partial charge in [-0.2, -0.15) is 15.0 Å². The summed E-state index contributed by atoms with van der Waals surface area (Å²) in [6, 6.07) is 5.04. The minimum Gasteiger partial charge on any atom is -0.454 e. The zero-order valence-electron chi connectivity index (χ0n) is 13.9. The lowest BCUT2D eigenvalue weighted by atomic mass is 10.0. The van der Waals surface area contributed by atoms with Crippen LogP contribution in [0.1, 0.15) is 28.2 Å². The van der Waals surface area contributed by atoms with Crippen molar-refractivity contribution in [1.29, 1.82) is 0 Å². The lowest BCUT2D eigenvalue weighted by molar-refractivity contribution is -0.116. The van der Waals surface area contributed by atoms with Crippen LogP contribution in [0.25, 0.3) is 0 Å². The molecule has 1 aliphatic heterocycles. The number of nitrogen functional groups attached to an aromatic ring is 1. The van der Waals surface area contributed by atoms with Gasteiger partial charge in [0.1, 0.15) is 0 Å². The highest BCUT2D eigenvalue weighted by molar-refractivity contribution is 5.96. The Morgan fingerprint density at radius 3 is 2.84 bits per heavy atom. The van der Waals surface area contributed by atoms with Gasteiger partial charge in [-0.05, 0) is 30.2 Å². The van der Waals surface area contributed by atoms with Crippen LogP contribution in [0.15, 0.2) is 18.2 Å². The Balaban J connectivity index is 1.70. The smallest absolute Gasteiger partial charge is 0.338 e. The van der Waals surface area contributed by atoms with Crippen molar-refractivity contribution in [2.75, 3.05) is 30.0 Å². The molecular formula is C16H18N6O3. The number of anilines is 3. The van der Waals surface area contributed by atoms with Crippen LogP contribution in [0, 0.1) is 0 Å². The molecule has 0 saturated heterocycles. The minimum atomic E-state index is -0.495. The summed E-state index contributed by atoms with van der Waals surface area (Å²) >= 11 is 0. The van der Waals surface area contributed by atoms with Gasteiger partial charge in [-0.25, -0.2) is 4.79 Å². The number of ether oxygens (including phenoxy) is 1. The molecule has 2 aromatic rings. The third kappa shape index (κ3) is 3.82. The van der Waals surface area contributed by atoms with E-state index in [0.717, 1.165) is 11.3 Å². The number of fused-ring (bicyclic) bond motifs is 1. The molecule has 9 nitrogen and oxygen atoms in total. The standard InChI is InChI=1S/C16H18N6O3/c1-22(2)16-20-12(19-15(17)21-16)8-25-14(24)10-3-5-11-9(7-10)4-6-13(23)18-11/h3,5,7H,4,6,8H2,1-2H3,(H,18,23)(H2,17,19,20,21). The molecule has 0 atom stereocenters. The normalized spacial score (nSPS) is 13.0. The molecule has 130 valence electrons. The van der Waals surface area contributed by atoms with Crippen molar-refractivity contribution in [2.45, 2.75) is 19.4 Å². The number of rotatable bonds is 4. The van der Waals surface area contributed by atoms with Gasteiger partial charge in [0.15, 0.2) is 12.4 Å². The van der Waals surface area contributed by atoms with Gasteiger partial charge in [0.25, 0.3) is 0 Å². The monoisotopic (exact) mass is 342 g/mol. The molecule has 3 rings (SSSR count). The van der Waals surface area contributed by atoms with Crippen LogP contribution in [-0.2, 0) is 22.6 Å². The van der Waals surface area contributed by atoms with Crippen LogP contribution in [0.2, 0.25) is 0 Å². The van der Waals surface area contributed by atoms with Crippen LogP contribution < -0.4 is 16.0 Å². The van der Waals surface area contributed by atoms with E-state index in [2.05, 4.69) is 20.3 Å². The van der Waals surface area contributed by atoms with Gasteiger partial charge in [0, 0.05) is 26.2 Å². The van der Waals surface area contributed by atoms with E-state index in [1.807, 2.05) is 0 Å². The summed E-state index contributed by atoms with van der Waals surface area (Å²) in [6.45, 7) is -0.111. The van der Waals surface area contributed by atoms with Crippen LogP contribution in [-0.4, -0.2) is 40.9 Å². The van der Waals surface area contributed by atoms with Crippen molar-refractivity contribution in [1.82, 2.24) is 15.0 Å². The number of carbonyl (C=O) groups excluding carboxylic acids is 2. The molecule has 0 unspecified atom stereocenters. The van der Waals surface area contributed by atoms with E-state index in [4.69, 9.17) is 10.5 Å². The number of amides is 1. The maximum atomic E-state index is 12.2. The number of hydrogen-bond donors (Lipinski definition) is 2. The van der Waals surface area contributed by atoms with Gasteiger partial charge in [-0.1, -0.05) is 0 Å². The highest BCUT2D eigenvalue weighted by atomic mass is 16.5. The molecular weight excluding hydrogens is 324 g/mol. The quantitative estimate of drug-likeness (QED) is 0.781. The lowest BCUT2D eigenvalue weighted by Gasteiger charge is -2.17. The second-order valence-electron chi connectivity index (χ2n) is 5.80. The van der Waals surface area contributed by atoms with Gasteiger partial charge in [-0.15, -0.1) is 0 Å². The lowest BCUT2D eigenvalue weighted by Crippen LogP contribution is -2.19. The van der Waals surface area contributed by atoms with Gasteiger partial charge < -0.3 is 20.7 Å². The second kappa shape index (κ2) is 6.71. The van der Waals surface area contributed by atoms with E-state index in [0.29, 0.717) is 24.4 Å². The number of benzene rings is 1. The highest BCUT2D eigenvalue weighted by Gasteiger charge is 2.17. The Bertz CT molecular complexity index is 837. The van der Waals surface area contributed by atoms with E-state index >= 15 is 0 Å². The van der Waals surface area contributed by atoms with Crippen LogP contribution in [0.4, 0.5) is 17.6 Å². The van der Waals surface area contributed by atoms with E-state index < -0.39 is 5.97 Å². The number of aromatic nitrogens is 3. The Kier molecular flexibility index (Phi) is 4.46. The molecule has 3 N–H and O–H groups in total. The van der Waals surface area contributed by atoms with Crippen molar-refractivity contribution >= 4 is 29.5 Å². The maximum absolute atomic E-state index is 12.2. The molecule has 0 saturated carbocycles. The summed E-state index contributed by atoms with van der Waals surface area (Å²) in [4.78, 5) is 37.4. The summed E-state index contributed by atoms with van der Waals surface area (Å²) in [5.41, 5.74) is 7.69. The topological polar surface area (TPSA) is 123 Å². The highest BCUT2D eigenvalue weighted by Crippen LogP contribution is 2.24. The predicted molar refractivity (Wildman–Crippen MR) is 91.1 cm³/mol. The van der Waals surface area contributed by atoms with E-state index in [9.17, 15) is 9.59 Å². The van der Waals surface area contributed by atoms with Crippen LogP contribution >= 0.6 is 0 Å². The first-order valence-corrected chi connectivity index (χ1v) is 7.70. The fraction of sp³-hybridized carbons (Fsp3) is 0.312. The summed E-state index contributed by atoms with van der Waals surface area (Å²) in [7, 11) is 3.55. The van der Waals surface area contributed by atoms with Crippen LogP contribution in [0.3, 0.4) is 0 Å². The third-order valence-electron chi connectivity index (χ3n) is 3.66. The molecule has 1 aliphatic rings. The number of aryl methyl sites for hydroxylation is 1. The maximum Gasteiger partial charge on any atom is 0.338 e. The number of esters is 1. The zero-order valence-corrected chi connectivity index (χ0v) is 13.9. The Morgan fingerprint density at radius 1 is 1.28 bits per heavy atom. The SMILES string of the molecule is CN(C)c1nc(N)nc(COC(=O)c2ccc3c(c2)CCC(=O)N3)n1. The summed E-state index contributed by atoms with van der Waals surface area (Å²) in [6.07, 6.45) is 1.00. The van der Waals surface area contributed by atoms with Gasteiger partial charge in [0.2, 0.25) is 17.8 Å². The molecule has 1 amide bonds. The first-order valence-electron chi connectivity index (χ1n) is 7.70. The molecule has 0 radical (unpaired) electrons. The van der Waals surface area contributed by atoms with Gasteiger partial charge >= 0.3 is 5.97 Å². The van der Waals surface area contributed by atoms with Crippen molar-refractivity contribution in [3.8, 4) is 0 Å². The minimum absolute atomic E-state index is 0.0213. The largest absolute Gasteiger partial charge is 0.454 e. The molecule has 25 heavy (non-hydrogen) atoms. The van der Waals surface area contributed by atoms with E-state index in [-0.39, 0.29) is 24.3 Å². The number of carbonyl (C=O) groups is 2. The molecule has 1 aromatic heterocycles. The second-order valence-corrected chi connectivity index (χ2v) is 5.80. The van der Waals surface area contributed by atoms with Gasteiger partial charge in [0.05, 0.1) is 5.56 Å². The molecule has 0 fully saturated rings. The molecule has 0 aliphatic carbocycles. The molecule has 2 heterocycles. The Morgan fingerprint density at radius 2 is 2.08 bits per heavy atom. The van der Waals surface area contributed by atoms with Crippen molar-refractivity contribution in [3.63, 3.8) is 0 Å². The summed E-state index contributed by atoms with van der Waals surface area (Å²) in [5, 5.41) is 2.77. The van der Waals surface area contributed by atoms with Crippen molar-refractivity contribution in [3.05, 3.63) is 35.2 Å². The number of nitrogens with two attached hydrogens (primary N) is 1. The molecule has 9 heteroatoms. The van der Waals surface area contributed by atoms with Crippen molar-refractivity contribution in [2.24, 2.45) is 0 Å². The molecule has 1 aromatic carbocycles. The zero-order chi connectivity index (χ0) is 18.0. The third-order valence-corrected chi connectivity index (χ3v) is 3.66. The molecule has 0 bridgehead atoms. The van der Waals surface area contributed by atoms with Gasteiger partial charge in [-0.3, -0.25) is 4.79 Å². The average Bonchev–Trinajstić information content (AvgIpc) is 2.58. The fourth-order valence-corrected chi connectivity index (χ4v) is 2.41. The van der Waals surface area contributed by atoms with Crippen LogP contribution in [0.5, 0.6) is 0 Å². The van der Waals surface area contributed by atoms with E-state index in [1.54, 1.807) is 37.2 Å². The number of hydrogen-bond acceptors (Lipinski definition) is 8. The fourth-order valence-electron chi connectivity index (χ4n) is 2.41.